The van der Waals surface area contributed by atoms with Gasteiger partial charge in [-0.05, 0) is 18.2 Å². The summed E-state index contributed by atoms with van der Waals surface area (Å²) in [6.45, 7) is 3.66. The molecule has 0 spiro atoms. The lowest BCUT2D eigenvalue weighted by molar-refractivity contribution is 0.414. The third-order valence-corrected chi connectivity index (χ3v) is 4.23. The molecule has 6 heteroatoms. The molecule has 6 nitrogen and oxygen atoms in total. The van der Waals surface area contributed by atoms with Crippen LogP contribution in [0.1, 0.15) is 0 Å². The predicted molar refractivity (Wildman–Crippen MR) is 91.3 cm³/mol. The average molecular weight is 309 g/mol. The van der Waals surface area contributed by atoms with E-state index in [-0.39, 0.29) is 0 Å². The van der Waals surface area contributed by atoms with Crippen molar-refractivity contribution in [3.05, 3.63) is 42.6 Å². The van der Waals surface area contributed by atoms with Crippen molar-refractivity contribution in [2.24, 2.45) is 0 Å². The standard InChI is InChI=1S/C17H19N5O/c1-23-13-6-7-18-16(12-13)21-8-10-22(11-9-21)17-19-14-4-2-3-5-15(14)20-17/h2-7,12H,8-11H2,1H3,(H,19,20). The van der Waals surface area contributed by atoms with Gasteiger partial charge in [0.05, 0.1) is 18.1 Å². The Morgan fingerprint density at radius 3 is 2.61 bits per heavy atom. The van der Waals surface area contributed by atoms with Crippen molar-refractivity contribution in [3.63, 3.8) is 0 Å². The highest BCUT2D eigenvalue weighted by molar-refractivity contribution is 5.77. The molecule has 3 heterocycles. The highest BCUT2D eigenvalue weighted by Crippen LogP contribution is 2.22. The molecular formula is C17H19N5O. The smallest absolute Gasteiger partial charge is 0.203 e. The fraction of sp³-hybridized carbons (Fsp3) is 0.294. The van der Waals surface area contributed by atoms with Gasteiger partial charge in [0, 0.05) is 38.4 Å². The van der Waals surface area contributed by atoms with E-state index < -0.39 is 0 Å². The number of imidazole rings is 1. The van der Waals surface area contributed by atoms with Gasteiger partial charge in [0.1, 0.15) is 11.6 Å². The van der Waals surface area contributed by atoms with Crippen LogP contribution in [-0.4, -0.2) is 48.2 Å². The zero-order valence-corrected chi connectivity index (χ0v) is 13.1. The summed E-state index contributed by atoms with van der Waals surface area (Å²) in [4.78, 5) is 17.1. The first kappa shape index (κ1) is 13.9. The second-order valence-corrected chi connectivity index (χ2v) is 5.61. The molecule has 0 aliphatic carbocycles. The summed E-state index contributed by atoms with van der Waals surface area (Å²) in [6.07, 6.45) is 1.79. The number of nitrogens with zero attached hydrogens (tertiary/aromatic N) is 4. The Balaban J connectivity index is 1.48. The van der Waals surface area contributed by atoms with Gasteiger partial charge in [0.25, 0.3) is 0 Å². The fourth-order valence-corrected chi connectivity index (χ4v) is 2.94. The van der Waals surface area contributed by atoms with Gasteiger partial charge in [0.2, 0.25) is 5.95 Å². The van der Waals surface area contributed by atoms with Gasteiger partial charge in [-0.25, -0.2) is 9.97 Å². The number of nitrogens with one attached hydrogen (secondary N) is 1. The van der Waals surface area contributed by atoms with E-state index in [4.69, 9.17) is 4.74 Å². The van der Waals surface area contributed by atoms with E-state index in [0.29, 0.717) is 0 Å². The molecule has 1 saturated heterocycles. The number of fused-ring (bicyclic) bond motifs is 1. The molecule has 1 fully saturated rings. The predicted octanol–water partition coefficient (Wildman–Crippen LogP) is 2.29. The fourth-order valence-electron chi connectivity index (χ4n) is 2.94. The minimum absolute atomic E-state index is 0.842. The number of hydrogen-bond acceptors (Lipinski definition) is 5. The summed E-state index contributed by atoms with van der Waals surface area (Å²) in [5, 5.41) is 0. The van der Waals surface area contributed by atoms with E-state index in [1.807, 2.05) is 30.3 Å². The first-order valence-corrected chi connectivity index (χ1v) is 7.78. The van der Waals surface area contributed by atoms with E-state index in [9.17, 15) is 0 Å². The third-order valence-electron chi connectivity index (χ3n) is 4.23. The normalized spacial score (nSPS) is 15.2. The quantitative estimate of drug-likeness (QED) is 0.804. The zero-order chi connectivity index (χ0) is 15.6. The number of aromatic amines is 1. The van der Waals surface area contributed by atoms with Crippen molar-refractivity contribution >= 4 is 22.8 Å². The molecule has 3 aromatic rings. The van der Waals surface area contributed by atoms with Gasteiger partial charge in [-0.3, -0.25) is 0 Å². The molecule has 118 valence electrons. The second-order valence-electron chi connectivity index (χ2n) is 5.61. The molecule has 0 radical (unpaired) electrons. The van der Waals surface area contributed by atoms with Crippen LogP contribution < -0.4 is 14.5 Å². The van der Waals surface area contributed by atoms with Crippen molar-refractivity contribution < 1.29 is 4.74 Å². The number of rotatable bonds is 3. The van der Waals surface area contributed by atoms with Crippen LogP contribution in [0.3, 0.4) is 0 Å². The minimum Gasteiger partial charge on any atom is -0.497 e. The molecule has 0 bridgehead atoms. The monoisotopic (exact) mass is 309 g/mol. The molecule has 1 N–H and O–H groups in total. The van der Waals surface area contributed by atoms with Crippen molar-refractivity contribution in [2.75, 3.05) is 43.1 Å². The lowest BCUT2D eigenvalue weighted by Crippen LogP contribution is -2.47. The van der Waals surface area contributed by atoms with Crippen molar-refractivity contribution in [1.29, 1.82) is 0 Å². The van der Waals surface area contributed by atoms with Crippen LogP contribution in [0.5, 0.6) is 5.75 Å². The molecule has 1 aliphatic heterocycles. The molecule has 0 atom stereocenters. The maximum Gasteiger partial charge on any atom is 0.203 e. The topological polar surface area (TPSA) is 57.3 Å². The summed E-state index contributed by atoms with van der Waals surface area (Å²) in [6, 6.07) is 12.0. The zero-order valence-electron chi connectivity index (χ0n) is 13.1. The number of H-pyrrole nitrogens is 1. The van der Waals surface area contributed by atoms with Crippen molar-refractivity contribution in [1.82, 2.24) is 15.0 Å². The van der Waals surface area contributed by atoms with Crippen LogP contribution in [0.15, 0.2) is 42.6 Å². The maximum atomic E-state index is 5.28. The van der Waals surface area contributed by atoms with Crippen molar-refractivity contribution in [2.45, 2.75) is 0 Å². The van der Waals surface area contributed by atoms with Crippen LogP contribution in [0, 0.1) is 0 Å². The molecule has 1 aromatic carbocycles. The molecule has 4 rings (SSSR count). The summed E-state index contributed by atoms with van der Waals surface area (Å²) >= 11 is 0. The SMILES string of the molecule is COc1ccnc(N2CCN(c3nc4ccccc4[nH]3)CC2)c1. The Labute approximate surface area is 134 Å². The van der Waals surface area contributed by atoms with Gasteiger partial charge in [0.15, 0.2) is 0 Å². The molecule has 0 unspecified atom stereocenters. The molecule has 2 aromatic heterocycles. The Kier molecular flexibility index (Phi) is 3.49. The number of ether oxygens (including phenoxy) is 1. The first-order chi connectivity index (χ1) is 11.3. The number of methoxy groups -OCH3 is 1. The van der Waals surface area contributed by atoms with Crippen LogP contribution in [0.25, 0.3) is 11.0 Å². The Bertz CT molecular complexity index is 774. The van der Waals surface area contributed by atoms with E-state index in [1.54, 1.807) is 13.3 Å². The van der Waals surface area contributed by atoms with Crippen LogP contribution in [0.4, 0.5) is 11.8 Å². The molecule has 23 heavy (non-hydrogen) atoms. The third kappa shape index (κ3) is 2.67. The summed E-state index contributed by atoms with van der Waals surface area (Å²) in [7, 11) is 1.68. The van der Waals surface area contributed by atoms with E-state index in [0.717, 1.165) is 54.7 Å². The van der Waals surface area contributed by atoms with Gasteiger partial charge in [-0.2, -0.15) is 0 Å². The lowest BCUT2D eigenvalue weighted by atomic mass is 10.3. The Morgan fingerprint density at radius 2 is 1.83 bits per heavy atom. The molecule has 0 amide bonds. The van der Waals surface area contributed by atoms with E-state index >= 15 is 0 Å². The highest BCUT2D eigenvalue weighted by atomic mass is 16.5. The Morgan fingerprint density at radius 1 is 1.04 bits per heavy atom. The van der Waals surface area contributed by atoms with Gasteiger partial charge in [-0.1, -0.05) is 12.1 Å². The number of hydrogen-bond donors (Lipinski definition) is 1. The summed E-state index contributed by atoms with van der Waals surface area (Å²) in [5.74, 6) is 2.76. The highest BCUT2D eigenvalue weighted by Gasteiger charge is 2.20. The van der Waals surface area contributed by atoms with Gasteiger partial charge >= 0.3 is 0 Å². The largest absolute Gasteiger partial charge is 0.497 e. The molecule has 0 saturated carbocycles. The van der Waals surface area contributed by atoms with Crippen LogP contribution >= 0.6 is 0 Å². The number of piperazine rings is 1. The van der Waals surface area contributed by atoms with Crippen LogP contribution in [0.2, 0.25) is 0 Å². The number of aromatic nitrogens is 3. The van der Waals surface area contributed by atoms with Gasteiger partial charge < -0.3 is 19.5 Å². The number of benzene rings is 1. The van der Waals surface area contributed by atoms with Crippen LogP contribution in [-0.2, 0) is 0 Å². The second kappa shape index (κ2) is 5.79. The Hall–Kier alpha value is -2.76. The van der Waals surface area contributed by atoms with E-state index in [1.165, 1.54) is 0 Å². The maximum absolute atomic E-state index is 5.28. The number of anilines is 2. The minimum atomic E-state index is 0.842. The number of pyridine rings is 1. The van der Waals surface area contributed by atoms with Crippen molar-refractivity contribution in [3.8, 4) is 5.75 Å². The lowest BCUT2D eigenvalue weighted by Gasteiger charge is -2.35. The summed E-state index contributed by atoms with van der Waals surface area (Å²) in [5.41, 5.74) is 2.10. The average Bonchev–Trinajstić information content (AvgIpc) is 3.06. The summed E-state index contributed by atoms with van der Waals surface area (Å²) < 4.78 is 5.28. The number of para-hydroxylation sites is 2. The molecular weight excluding hydrogens is 290 g/mol. The first-order valence-electron chi connectivity index (χ1n) is 7.78. The molecule has 1 aliphatic rings. The van der Waals surface area contributed by atoms with Gasteiger partial charge in [-0.15, -0.1) is 0 Å². The van der Waals surface area contributed by atoms with E-state index in [2.05, 4.69) is 30.8 Å².